The third-order valence-corrected chi connectivity index (χ3v) is 3.36. The van der Waals surface area contributed by atoms with Crippen molar-refractivity contribution in [3.63, 3.8) is 0 Å². The fourth-order valence-corrected chi connectivity index (χ4v) is 2.03. The maximum Gasteiger partial charge on any atom is 0.229 e. The number of nitrogen functional groups attached to an aromatic ring is 1. The van der Waals surface area contributed by atoms with Crippen LogP contribution in [0.15, 0.2) is 47.6 Å². The van der Waals surface area contributed by atoms with Crippen LogP contribution < -0.4 is 11.5 Å². The third kappa shape index (κ3) is 6.45. The molecule has 122 valence electrons. The van der Waals surface area contributed by atoms with E-state index in [-0.39, 0.29) is 22.9 Å². The van der Waals surface area contributed by atoms with Gasteiger partial charge in [-0.05, 0) is 36.7 Å². The zero-order chi connectivity index (χ0) is 15.7. The number of aliphatic hydroxyl groups is 1. The number of aromatic nitrogens is 2. The molecule has 0 spiro atoms. The summed E-state index contributed by atoms with van der Waals surface area (Å²) in [5, 5.41) is 7.81. The second kappa shape index (κ2) is 9.63. The van der Waals surface area contributed by atoms with E-state index in [4.69, 9.17) is 10.8 Å². The first-order valence-corrected chi connectivity index (χ1v) is 7.44. The Bertz CT molecular complexity index is 632. The van der Waals surface area contributed by atoms with Crippen molar-refractivity contribution in [3.05, 3.63) is 47.4 Å². The van der Waals surface area contributed by atoms with Crippen LogP contribution >= 0.6 is 0 Å². The molecule has 0 unspecified atom stereocenters. The molecule has 0 fully saturated rings. The van der Waals surface area contributed by atoms with Crippen LogP contribution in [-0.2, 0) is 10.0 Å². The molecule has 0 aliphatic carbocycles. The molecule has 9 nitrogen and oxygen atoms in total. The van der Waals surface area contributed by atoms with Crippen LogP contribution in [0, 0.1) is 0 Å². The Kier molecular flexibility index (Phi) is 8.63. The molecule has 2 aromatic rings. The molecule has 0 saturated carbocycles. The number of rotatable bonds is 4. The molecule has 1 aromatic heterocycles. The summed E-state index contributed by atoms with van der Waals surface area (Å²) in [5.41, 5.74) is 9.31. The monoisotopic (exact) mass is 329 g/mol. The van der Waals surface area contributed by atoms with E-state index in [9.17, 15) is 8.42 Å². The highest BCUT2D eigenvalue weighted by Gasteiger charge is 2.10. The quantitative estimate of drug-likeness (QED) is 0.595. The molecule has 0 aliphatic heterocycles. The van der Waals surface area contributed by atoms with Gasteiger partial charge in [0.1, 0.15) is 0 Å². The van der Waals surface area contributed by atoms with Crippen LogP contribution in [0.5, 0.6) is 0 Å². The average molecular weight is 329 g/mol. The molecule has 8 N–H and O–H groups in total. The van der Waals surface area contributed by atoms with E-state index in [2.05, 4.69) is 20.4 Å². The number of nitrogens with zero attached hydrogens (tertiary/aromatic N) is 3. The highest BCUT2D eigenvalue weighted by molar-refractivity contribution is 7.94. The van der Waals surface area contributed by atoms with Crippen LogP contribution in [0.25, 0.3) is 4.72 Å². The van der Waals surface area contributed by atoms with Crippen LogP contribution in [0.1, 0.15) is 0 Å². The summed E-state index contributed by atoms with van der Waals surface area (Å²) in [7, 11) is -3.79. The van der Waals surface area contributed by atoms with Gasteiger partial charge in [-0.25, -0.2) is 8.42 Å². The number of benzene rings is 1. The van der Waals surface area contributed by atoms with E-state index in [1.165, 1.54) is 36.7 Å². The van der Waals surface area contributed by atoms with Gasteiger partial charge < -0.3 is 32.0 Å². The molecular formula is C12H19N5O4S. The van der Waals surface area contributed by atoms with Crippen LogP contribution in [-0.4, -0.2) is 42.1 Å². The Hall–Kier alpha value is -2.27. The summed E-state index contributed by atoms with van der Waals surface area (Å²) < 4.78 is 27.2. The van der Waals surface area contributed by atoms with Gasteiger partial charge in [0.05, 0.1) is 18.0 Å². The van der Waals surface area contributed by atoms with E-state index in [1.807, 2.05) is 0 Å². The highest BCUT2D eigenvalue weighted by Crippen LogP contribution is 2.23. The fraction of sp³-hybridized carbons (Fsp3) is 0.167. The Morgan fingerprint density at radius 1 is 1.18 bits per heavy atom. The largest absolute Gasteiger partial charge is 0.412 e. The van der Waals surface area contributed by atoms with Gasteiger partial charge >= 0.3 is 0 Å². The van der Waals surface area contributed by atoms with E-state index >= 15 is 0 Å². The van der Waals surface area contributed by atoms with Crippen molar-refractivity contribution in [1.82, 2.24) is 9.97 Å². The Balaban J connectivity index is 0.000000791. The molecule has 2 rings (SSSR count). The van der Waals surface area contributed by atoms with Crippen molar-refractivity contribution >= 4 is 21.7 Å². The van der Waals surface area contributed by atoms with Gasteiger partial charge in [-0.2, -0.15) is 0 Å². The summed E-state index contributed by atoms with van der Waals surface area (Å²) >= 11 is 0. The molecule has 22 heavy (non-hydrogen) atoms. The van der Waals surface area contributed by atoms with Gasteiger partial charge in [-0.3, -0.25) is 4.72 Å². The highest BCUT2D eigenvalue weighted by atomic mass is 32.2. The van der Waals surface area contributed by atoms with Gasteiger partial charge in [0.2, 0.25) is 10.0 Å². The lowest BCUT2D eigenvalue weighted by molar-refractivity contribution is -0.372. The minimum Gasteiger partial charge on any atom is -0.412 e. The lowest BCUT2D eigenvalue weighted by Gasteiger charge is -2.11. The van der Waals surface area contributed by atoms with Crippen molar-refractivity contribution in [2.45, 2.75) is 4.90 Å². The minimum atomic E-state index is -3.79. The molecule has 0 atom stereocenters. The van der Waals surface area contributed by atoms with Crippen molar-refractivity contribution in [3.8, 4) is 0 Å². The maximum absolute atomic E-state index is 11.8. The van der Waals surface area contributed by atoms with E-state index in [0.29, 0.717) is 12.2 Å². The predicted octanol–water partition coefficient (Wildman–Crippen LogP) is -1.15. The molecular weight excluding hydrogens is 310 g/mol. The summed E-state index contributed by atoms with van der Waals surface area (Å²) in [6.45, 7) is 0.833. The molecule has 10 heteroatoms. The Labute approximate surface area is 128 Å². The Morgan fingerprint density at radius 3 is 2.14 bits per heavy atom. The number of hydrogen-bond donors (Lipinski definition) is 3. The number of hydrogen-bond acceptors (Lipinski definition) is 6. The predicted molar refractivity (Wildman–Crippen MR) is 81.5 cm³/mol. The van der Waals surface area contributed by atoms with Crippen molar-refractivity contribution in [2.75, 3.05) is 18.9 Å². The third-order valence-electron chi connectivity index (χ3n) is 2.09. The first-order valence-electron chi connectivity index (χ1n) is 6.00. The molecule has 1 aromatic carbocycles. The SMILES string of the molecule is Nc1ccc(S(=O)(=O)[N-]c2ncccn2)cc1.O.[NH3+]CCO. The standard InChI is InChI=1S/C10H9N4O2S.C2H7NO.H2O/c11-8-2-4-9(5-3-8)17(15,16)14-10-12-6-1-7-13-10;3-1-2-4;/h1-7H,11H2;4H,1-3H2;1H2/q-1;;/p+1. The number of sulfonamides is 1. The molecule has 0 amide bonds. The smallest absolute Gasteiger partial charge is 0.229 e. The number of aliphatic hydroxyl groups excluding tert-OH is 1. The van der Waals surface area contributed by atoms with Gasteiger partial charge in [-0.15, -0.1) is 0 Å². The number of anilines is 1. The Morgan fingerprint density at radius 2 is 1.68 bits per heavy atom. The first-order chi connectivity index (χ1) is 9.99. The van der Waals surface area contributed by atoms with Crippen LogP contribution in [0.2, 0.25) is 0 Å². The van der Waals surface area contributed by atoms with Gasteiger partial charge in [0, 0.05) is 11.6 Å². The lowest BCUT2D eigenvalue weighted by Crippen LogP contribution is -2.51. The van der Waals surface area contributed by atoms with Crippen molar-refractivity contribution in [2.24, 2.45) is 0 Å². The summed E-state index contributed by atoms with van der Waals surface area (Å²) in [6.07, 6.45) is 2.84. The zero-order valence-corrected chi connectivity index (χ0v) is 12.6. The fourth-order valence-electron chi connectivity index (χ4n) is 1.14. The van der Waals surface area contributed by atoms with E-state index in [1.54, 1.807) is 6.07 Å². The summed E-state index contributed by atoms with van der Waals surface area (Å²) in [6, 6.07) is 7.34. The normalized spacial score (nSPS) is 9.91. The van der Waals surface area contributed by atoms with Gasteiger partial charge in [0.15, 0.2) is 0 Å². The second-order valence-corrected chi connectivity index (χ2v) is 5.37. The van der Waals surface area contributed by atoms with Crippen molar-refractivity contribution in [1.29, 1.82) is 0 Å². The topological polar surface area (TPSA) is 179 Å². The molecule has 1 heterocycles. The summed E-state index contributed by atoms with van der Waals surface area (Å²) in [4.78, 5) is 7.51. The molecule has 0 aliphatic rings. The van der Waals surface area contributed by atoms with E-state index in [0.717, 1.165) is 0 Å². The van der Waals surface area contributed by atoms with Gasteiger partial charge in [0.25, 0.3) is 0 Å². The molecule has 0 bridgehead atoms. The van der Waals surface area contributed by atoms with Crippen LogP contribution in [0.4, 0.5) is 11.6 Å². The second-order valence-electron chi connectivity index (χ2n) is 3.76. The first kappa shape index (κ1) is 19.7. The zero-order valence-electron chi connectivity index (χ0n) is 11.8. The molecule has 0 saturated heterocycles. The summed E-state index contributed by atoms with van der Waals surface area (Å²) in [5.74, 6) is -0.0932. The maximum atomic E-state index is 11.8. The number of quaternary nitrogens is 1. The van der Waals surface area contributed by atoms with Crippen molar-refractivity contribution < 1.29 is 24.7 Å². The van der Waals surface area contributed by atoms with Gasteiger partial charge in [-0.1, -0.05) is 6.07 Å². The number of nitrogens with two attached hydrogens (primary N) is 1. The van der Waals surface area contributed by atoms with Crippen LogP contribution in [0.3, 0.4) is 0 Å². The van der Waals surface area contributed by atoms with E-state index < -0.39 is 10.0 Å². The lowest BCUT2D eigenvalue weighted by atomic mass is 10.3. The average Bonchev–Trinajstić information content (AvgIpc) is 2.48. The molecule has 0 radical (unpaired) electrons. The minimum absolute atomic E-state index is 0.